The van der Waals surface area contributed by atoms with E-state index in [0.29, 0.717) is 11.8 Å². The summed E-state index contributed by atoms with van der Waals surface area (Å²) in [6.45, 7) is 6.95. The van der Waals surface area contributed by atoms with Crippen molar-refractivity contribution in [1.82, 2.24) is 24.5 Å². The van der Waals surface area contributed by atoms with Crippen LogP contribution in [0.1, 0.15) is 32.6 Å². The lowest BCUT2D eigenvalue weighted by Crippen LogP contribution is -2.48. The Labute approximate surface area is 177 Å². The number of piperidine rings is 2. The normalized spacial score (nSPS) is 21.3. The van der Waals surface area contributed by atoms with Gasteiger partial charge in [0.15, 0.2) is 0 Å². The number of benzene rings is 1. The lowest BCUT2D eigenvalue weighted by Gasteiger charge is -2.42. The first-order chi connectivity index (χ1) is 14.7. The molecule has 3 aromatic rings. The summed E-state index contributed by atoms with van der Waals surface area (Å²) in [5.41, 5.74) is 2.20. The summed E-state index contributed by atoms with van der Waals surface area (Å²) < 4.78 is 7.22. The molecule has 0 saturated carbocycles. The van der Waals surface area contributed by atoms with Crippen LogP contribution >= 0.6 is 0 Å². The second-order valence-electron chi connectivity index (χ2n) is 8.66. The van der Waals surface area contributed by atoms with E-state index in [4.69, 9.17) is 4.74 Å². The molecule has 5 rings (SSSR count). The van der Waals surface area contributed by atoms with E-state index in [9.17, 15) is 0 Å². The molecule has 2 aliphatic rings. The smallest absolute Gasteiger partial charge is 0.254 e. The maximum atomic E-state index is 5.33. The summed E-state index contributed by atoms with van der Waals surface area (Å²) in [7, 11) is 1.69. The molecule has 1 aromatic carbocycles. The van der Waals surface area contributed by atoms with Gasteiger partial charge in [0, 0.05) is 37.4 Å². The van der Waals surface area contributed by atoms with Crippen molar-refractivity contribution in [2.24, 2.45) is 5.92 Å². The Bertz CT molecular complexity index is 993. The van der Waals surface area contributed by atoms with Crippen LogP contribution in [0.15, 0.2) is 36.8 Å². The Kier molecular flexibility index (Phi) is 5.29. The van der Waals surface area contributed by atoms with Crippen molar-refractivity contribution in [2.45, 2.75) is 38.6 Å². The van der Waals surface area contributed by atoms with Gasteiger partial charge in [-0.2, -0.15) is 14.6 Å². The van der Waals surface area contributed by atoms with Gasteiger partial charge in [-0.25, -0.2) is 4.98 Å². The Morgan fingerprint density at radius 2 is 1.80 bits per heavy atom. The number of hydrogen-bond donors (Lipinski definition) is 0. The zero-order chi connectivity index (χ0) is 20.5. The number of ether oxygens (including phenoxy) is 1. The molecule has 0 bridgehead atoms. The van der Waals surface area contributed by atoms with Crippen molar-refractivity contribution in [3.8, 4) is 16.9 Å². The third-order valence-corrected chi connectivity index (χ3v) is 6.65. The van der Waals surface area contributed by atoms with Gasteiger partial charge in [-0.1, -0.05) is 19.1 Å². The van der Waals surface area contributed by atoms with Crippen LogP contribution in [0.2, 0.25) is 0 Å². The van der Waals surface area contributed by atoms with Crippen LogP contribution < -0.4 is 9.64 Å². The molecule has 1 unspecified atom stereocenters. The quantitative estimate of drug-likeness (QED) is 0.661. The van der Waals surface area contributed by atoms with Crippen LogP contribution in [-0.2, 0) is 0 Å². The monoisotopic (exact) mass is 406 g/mol. The number of hydrogen-bond acceptors (Lipinski definition) is 6. The van der Waals surface area contributed by atoms with Crippen molar-refractivity contribution in [2.75, 3.05) is 38.2 Å². The Hall–Kier alpha value is -2.67. The summed E-state index contributed by atoms with van der Waals surface area (Å²) in [5.74, 6) is 3.42. The fourth-order valence-electron chi connectivity index (χ4n) is 5.05. The molecule has 7 nitrogen and oxygen atoms in total. The van der Waals surface area contributed by atoms with E-state index in [1.54, 1.807) is 13.4 Å². The first-order valence-electron chi connectivity index (χ1n) is 11.0. The fraction of sp³-hybridized carbons (Fsp3) is 0.522. The zero-order valence-corrected chi connectivity index (χ0v) is 17.9. The Morgan fingerprint density at radius 3 is 2.53 bits per heavy atom. The first kappa shape index (κ1) is 19.3. The summed E-state index contributed by atoms with van der Waals surface area (Å²) in [6.07, 6.45) is 8.61. The van der Waals surface area contributed by atoms with E-state index in [1.165, 1.54) is 38.8 Å². The average Bonchev–Trinajstić information content (AvgIpc) is 3.28. The van der Waals surface area contributed by atoms with Crippen molar-refractivity contribution >= 4 is 11.6 Å². The summed E-state index contributed by atoms with van der Waals surface area (Å²) in [5, 5.41) is 4.50. The lowest BCUT2D eigenvalue weighted by molar-refractivity contribution is 0.112. The molecule has 0 radical (unpaired) electrons. The second-order valence-corrected chi connectivity index (χ2v) is 8.66. The van der Waals surface area contributed by atoms with Gasteiger partial charge in [-0.05, 0) is 55.8 Å². The highest BCUT2D eigenvalue weighted by molar-refractivity contribution is 5.77. The number of fused-ring (bicyclic) bond motifs is 1. The molecule has 30 heavy (non-hydrogen) atoms. The van der Waals surface area contributed by atoms with Crippen LogP contribution in [0, 0.1) is 5.92 Å². The van der Waals surface area contributed by atoms with Gasteiger partial charge in [0.05, 0.1) is 7.11 Å². The van der Waals surface area contributed by atoms with Gasteiger partial charge in [-0.15, -0.1) is 0 Å². The number of anilines is 1. The molecule has 0 spiro atoms. The summed E-state index contributed by atoms with van der Waals surface area (Å²) >= 11 is 0. The van der Waals surface area contributed by atoms with Crippen LogP contribution in [0.4, 0.5) is 5.82 Å². The number of aromatic nitrogens is 4. The molecule has 7 heteroatoms. The maximum absolute atomic E-state index is 5.33. The van der Waals surface area contributed by atoms with Gasteiger partial charge in [0.1, 0.15) is 17.9 Å². The van der Waals surface area contributed by atoms with Crippen molar-refractivity contribution in [1.29, 1.82) is 0 Å². The van der Waals surface area contributed by atoms with Crippen molar-refractivity contribution < 1.29 is 4.74 Å². The first-order valence-corrected chi connectivity index (χ1v) is 11.0. The molecule has 2 saturated heterocycles. The van der Waals surface area contributed by atoms with Crippen LogP contribution in [0.3, 0.4) is 0 Å². The number of rotatable bonds is 4. The molecule has 0 aliphatic carbocycles. The van der Waals surface area contributed by atoms with Crippen molar-refractivity contribution in [3.05, 3.63) is 36.8 Å². The Morgan fingerprint density at radius 1 is 1.00 bits per heavy atom. The lowest BCUT2D eigenvalue weighted by atomic mass is 9.95. The molecular weight excluding hydrogens is 376 g/mol. The molecule has 158 valence electrons. The summed E-state index contributed by atoms with van der Waals surface area (Å²) in [4.78, 5) is 14.0. The van der Waals surface area contributed by atoms with E-state index in [-0.39, 0.29) is 0 Å². The minimum atomic E-state index is 0.647. The van der Waals surface area contributed by atoms with E-state index in [0.717, 1.165) is 41.7 Å². The highest BCUT2D eigenvalue weighted by Crippen LogP contribution is 2.34. The van der Waals surface area contributed by atoms with Crippen LogP contribution in [-0.4, -0.2) is 63.8 Å². The minimum Gasteiger partial charge on any atom is -0.497 e. The molecule has 0 N–H and O–H groups in total. The van der Waals surface area contributed by atoms with Crippen LogP contribution in [0.25, 0.3) is 16.9 Å². The van der Waals surface area contributed by atoms with Crippen molar-refractivity contribution in [3.63, 3.8) is 0 Å². The minimum absolute atomic E-state index is 0.647. The van der Waals surface area contributed by atoms with E-state index in [2.05, 4.69) is 43.9 Å². The highest BCUT2D eigenvalue weighted by atomic mass is 16.5. The molecule has 2 fully saturated rings. The maximum Gasteiger partial charge on any atom is 0.254 e. The third kappa shape index (κ3) is 3.62. The summed E-state index contributed by atoms with van der Waals surface area (Å²) in [6, 6.07) is 8.86. The predicted molar refractivity (Wildman–Crippen MR) is 118 cm³/mol. The van der Waals surface area contributed by atoms with Crippen LogP contribution in [0.5, 0.6) is 5.75 Å². The van der Waals surface area contributed by atoms with E-state index >= 15 is 0 Å². The fourth-order valence-corrected chi connectivity index (χ4v) is 5.05. The van der Waals surface area contributed by atoms with E-state index < -0.39 is 0 Å². The molecule has 0 amide bonds. The number of likely N-dealkylation sites (tertiary alicyclic amines) is 1. The van der Waals surface area contributed by atoms with Gasteiger partial charge < -0.3 is 9.64 Å². The zero-order valence-electron chi connectivity index (χ0n) is 17.9. The van der Waals surface area contributed by atoms with Gasteiger partial charge in [0.25, 0.3) is 5.78 Å². The second kappa shape index (κ2) is 8.22. The molecule has 1 atom stereocenters. The highest BCUT2D eigenvalue weighted by Gasteiger charge is 2.29. The number of nitrogens with zero attached hydrogens (tertiary/aromatic N) is 6. The van der Waals surface area contributed by atoms with Gasteiger partial charge in [-0.3, -0.25) is 4.90 Å². The topological polar surface area (TPSA) is 58.8 Å². The molecular formula is C23H30N6O. The van der Waals surface area contributed by atoms with Gasteiger partial charge >= 0.3 is 0 Å². The predicted octanol–water partition coefficient (Wildman–Crippen LogP) is 3.50. The third-order valence-electron chi connectivity index (χ3n) is 6.65. The Balaban J connectivity index is 1.43. The molecule has 2 aliphatic heterocycles. The largest absolute Gasteiger partial charge is 0.497 e. The van der Waals surface area contributed by atoms with E-state index in [1.807, 2.05) is 22.8 Å². The average molecular weight is 407 g/mol. The molecule has 4 heterocycles. The number of methoxy groups -OCH3 is 1. The van der Waals surface area contributed by atoms with Gasteiger partial charge in [0.2, 0.25) is 0 Å². The molecule has 2 aromatic heterocycles. The standard InChI is InChI=1S/C23H30N6O/c1-17-4-3-11-28(15-17)19-9-12-27(13-10-19)22-21(14-24-23-25-16-26-29(22)23)18-5-7-20(30-2)8-6-18/h5-8,14,16-17,19H,3-4,9-13,15H2,1-2H3. The SMILES string of the molecule is COc1ccc(-c2cnc3ncnn3c2N2CCC(N3CCCC(C)C3)CC2)cc1.